The summed E-state index contributed by atoms with van der Waals surface area (Å²) in [6.07, 6.45) is 5.21. The Balaban J connectivity index is 1.46. The van der Waals surface area contributed by atoms with Gasteiger partial charge in [-0.1, -0.05) is 35.9 Å². The number of benzene rings is 2. The molecule has 0 saturated heterocycles. The summed E-state index contributed by atoms with van der Waals surface area (Å²) < 4.78 is 3.48. The van der Waals surface area contributed by atoms with E-state index in [1.54, 1.807) is 33.9 Å². The molecule has 2 aromatic carbocycles. The number of amides is 1. The molecule has 6 nitrogen and oxygen atoms in total. The second-order valence-corrected chi connectivity index (χ2v) is 6.78. The van der Waals surface area contributed by atoms with Gasteiger partial charge in [-0.15, -0.1) is 0 Å². The lowest BCUT2D eigenvalue weighted by molar-refractivity contribution is 0.0950. The zero-order chi connectivity index (χ0) is 19.5. The van der Waals surface area contributed by atoms with E-state index < -0.39 is 0 Å². The number of carbonyl (C=O) groups excluding carboxylic acids is 1. The third kappa shape index (κ3) is 3.68. The van der Waals surface area contributed by atoms with Gasteiger partial charge in [0.1, 0.15) is 0 Å². The van der Waals surface area contributed by atoms with Crippen molar-refractivity contribution in [2.45, 2.75) is 13.5 Å². The summed E-state index contributed by atoms with van der Waals surface area (Å²) in [5, 5.41) is 12.2. The number of carbonyl (C=O) groups is 1. The van der Waals surface area contributed by atoms with Crippen molar-refractivity contribution in [3.8, 4) is 11.4 Å². The van der Waals surface area contributed by atoms with E-state index in [2.05, 4.69) is 15.5 Å². The van der Waals surface area contributed by atoms with Crippen LogP contribution in [0.25, 0.3) is 11.4 Å². The van der Waals surface area contributed by atoms with Crippen LogP contribution in [0.4, 0.5) is 0 Å². The Morgan fingerprint density at radius 3 is 2.61 bits per heavy atom. The third-order valence-electron chi connectivity index (χ3n) is 4.42. The van der Waals surface area contributed by atoms with Crippen LogP contribution in [0.2, 0.25) is 5.02 Å². The highest BCUT2D eigenvalue weighted by Gasteiger charge is 2.15. The first-order valence-corrected chi connectivity index (χ1v) is 9.17. The minimum absolute atomic E-state index is 0.182. The largest absolute Gasteiger partial charge is 0.348 e. The predicted molar refractivity (Wildman–Crippen MR) is 108 cm³/mol. The molecule has 0 atom stereocenters. The number of rotatable bonds is 5. The fraction of sp³-hybridized carbons (Fsp3) is 0.0952. The molecule has 7 heteroatoms. The normalized spacial score (nSPS) is 10.8. The number of nitrogens with zero attached hydrogens (tertiary/aromatic N) is 4. The van der Waals surface area contributed by atoms with Crippen molar-refractivity contribution in [2.75, 3.05) is 0 Å². The lowest BCUT2D eigenvalue weighted by atomic mass is 10.2. The van der Waals surface area contributed by atoms with Crippen LogP contribution < -0.4 is 5.32 Å². The van der Waals surface area contributed by atoms with Crippen LogP contribution in [0.3, 0.4) is 0 Å². The highest BCUT2D eigenvalue weighted by molar-refractivity contribution is 6.30. The van der Waals surface area contributed by atoms with Crippen LogP contribution in [0.15, 0.2) is 73.2 Å². The lowest BCUT2D eigenvalue weighted by Crippen LogP contribution is -2.23. The zero-order valence-corrected chi connectivity index (χ0v) is 16.0. The fourth-order valence-corrected chi connectivity index (χ4v) is 3.14. The first-order chi connectivity index (χ1) is 13.6. The Morgan fingerprint density at radius 2 is 1.82 bits per heavy atom. The zero-order valence-electron chi connectivity index (χ0n) is 15.2. The summed E-state index contributed by atoms with van der Waals surface area (Å²) in [5.41, 5.74) is 3.97. The van der Waals surface area contributed by atoms with Crippen LogP contribution in [0.5, 0.6) is 0 Å². The molecule has 2 aromatic heterocycles. The van der Waals surface area contributed by atoms with Gasteiger partial charge in [0, 0.05) is 23.3 Å². The molecule has 0 spiro atoms. The van der Waals surface area contributed by atoms with Gasteiger partial charge in [0.15, 0.2) is 0 Å². The molecule has 0 unspecified atom stereocenters. The van der Waals surface area contributed by atoms with Crippen molar-refractivity contribution in [3.63, 3.8) is 0 Å². The number of para-hydroxylation sites is 1. The Labute approximate surface area is 167 Å². The minimum atomic E-state index is -0.182. The Hall–Kier alpha value is -3.38. The molecule has 0 aliphatic heterocycles. The van der Waals surface area contributed by atoms with E-state index in [1.807, 2.05) is 55.6 Å². The first-order valence-electron chi connectivity index (χ1n) is 8.79. The van der Waals surface area contributed by atoms with Crippen molar-refractivity contribution < 1.29 is 4.79 Å². The average molecular weight is 392 g/mol. The van der Waals surface area contributed by atoms with Crippen LogP contribution in [-0.2, 0) is 6.54 Å². The Kier molecular flexibility index (Phi) is 4.95. The maximum Gasteiger partial charge on any atom is 0.255 e. The monoisotopic (exact) mass is 391 g/mol. The highest BCUT2D eigenvalue weighted by atomic mass is 35.5. The number of aromatic nitrogens is 4. The van der Waals surface area contributed by atoms with E-state index in [0.717, 1.165) is 22.6 Å². The van der Waals surface area contributed by atoms with Gasteiger partial charge in [-0.2, -0.15) is 10.2 Å². The quantitative estimate of drug-likeness (QED) is 0.560. The molecule has 0 aliphatic carbocycles. The van der Waals surface area contributed by atoms with Crippen molar-refractivity contribution >= 4 is 17.5 Å². The number of nitrogens with one attached hydrogen (secondary N) is 1. The number of halogens is 1. The molecule has 140 valence electrons. The van der Waals surface area contributed by atoms with Crippen molar-refractivity contribution in [2.24, 2.45) is 0 Å². The van der Waals surface area contributed by atoms with Gasteiger partial charge in [0.25, 0.3) is 5.91 Å². The third-order valence-corrected chi connectivity index (χ3v) is 4.65. The molecule has 28 heavy (non-hydrogen) atoms. The summed E-state index contributed by atoms with van der Waals surface area (Å²) in [4.78, 5) is 12.6. The lowest BCUT2D eigenvalue weighted by Gasteiger charge is -2.06. The molecule has 4 rings (SSSR count). The molecule has 0 saturated carbocycles. The molecule has 0 aliphatic rings. The summed E-state index contributed by atoms with van der Waals surface area (Å²) in [7, 11) is 0. The summed E-state index contributed by atoms with van der Waals surface area (Å²) >= 11 is 6.05. The molecule has 2 heterocycles. The predicted octanol–water partition coefficient (Wildman–Crippen LogP) is 3.95. The Morgan fingerprint density at radius 1 is 1.04 bits per heavy atom. The maximum atomic E-state index is 12.6. The van der Waals surface area contributed by atoms with Crippen molar-refractivity contribution in [3.05, 3.63) is 95.0 Å². The van der Waals surface area contributed by atoms with Crippen molar-refractivity contribution in [1.29, 1.82) is 0 Å². The van der Waals surface area contributed by atoms with Gasteiger partial charge in [-0.25, -0.2) is 9.36 Å². The summed E-state index contributed by atoms with van der Waals surface area (Å²) in [6.45, 7) is 2.24. The standard InChI is InChI=1S/C21H18ClN5O/c1-15-20(13-25-27(15)19-9-5-6-17(22)10-19)21(28)23-11-16-12-24-26(14-16)18-7-3-2-4-8-18/h2-10,12-14H,11H2,1H3,(H,23,28). The topological polar surface area (TPSA) is 64.7 Å². The fourth-order valence-electron chi connectivity index (χ4n) is 2.95. The minimum Gasteiger partial charge on any atom is -0.348 e. The summed E-state index contributed by atoms with van der Waals surface area (Å²) in [5.74, 6) is -0.182. The molecule has 0 radical (unpaired) electrons. The molecule has 0 fully saturated rings. The molecular weight excluding hydrogens is 374 g/mol. The van der Waals surface area contributed by atoms with E-state index in [1.165, 1.54) is 0 Å². The van der Waals surface area contributed by atoms with E-state index >= 15 is 0 Å². The van der Waals surface area contributed by atoms with Gasteiger partial charge < -0.3 is 5.32 Å². The van der Waals surface area contributed by atoms with E-state index in [-0.39, 0.29) is 5.91 Å². The van der Waals surface area contributed by atoms with Crippen LogP contribution in [0, 0.1) is 6.92 Å². The maximum absolute atomic E-state index is 12.6. The molecule has 1 amide bonds. The van der Waals surface area contributed by atoms with E-state index in [0.29, 0.717) is 17.1 Å². The van der Waals surface area contributed by atoms with E-state index in [9.17, 15) is 4.79 Å². The smallest absolute Gasteiger partial charge is 0.255 e. The molecular formula is C21H18ClN5O. The highest BCUT2D eigenvalue weighted by Crippen LogP contribution is 2.18. The molecule has 4 aromatic rings. The van der Waals surface area contributed by atoms with Crippen LogP contribution >= 0.6 is 11.6 Å². The SMILES string of the molecule is Cc1c(C(=O)NCc2cnn(-c3ccccc3)c2)cnn1-c1cccc(Cl)c1. The van der Waals surface area contributed by atoms with Crippen LogP contribution in [0.1, 0.15) is 21.6 Å². The average Bonchev–Trinajstić information content (AvgIpc) is 3.34. The van der Waals surface area contributed by atoms with Gasteiger partial charge in [0.2, 0.25) is 0 Å². The van der Waals surface area contributed by atoms with Crippen molar-refractivity contribution in [1.82, 2.24) is 24.9 Å². The molecule has 1 N–H and O–H groups in total. The van der Waals surface area contributed by atoms with Crippen LogP contribution in [-0.4, -0.2) is 25.5 Å². The van der Waals surface area contributed by atoms with E-state index in [4.69, 9.17) is 11.6 Å². The summed E-state index contributed by atoms with van der Waals surface area (Å²) in [6, 6.07) is 17.2. The number of hydrogen-bond acceptors (Lipinski definition) is 3. The van der Waals surface area contributed by atoms with Gasteiger partial charge in [0.05, 0.1) is 35.0 Å². The Bertz CT molecular complexity index is 1120. The second kappa shape index (κ2) is 7.70. The molecule has 0 bridgehead atoms. The first kappa shape index (κ1) is 18.0. The van der Waals surface area contributed by atoms with Gasteiger partial charge in [-0.3, -0.25) is 4.79 Å². The van der Waals surface area contributed by atoms with Gasteiger partial charge >= 0.3 is 0 Å². The second-order valence-electron chi connectivity index (χ2n) is 6.35. The number of hydrogen-bond donors (Lipinski definition) is 1. The van der Waals surface area contributed by atoms with Gasteiger partial charge in [-0.05, 0) is 37.3 Å².